The molecule has 0 aliphatic heterocycles. The van der Waals surface area contributed by atoms with Crippen molar-refractivity contribution in [3.63, 3.8) is 0 Å². The van der Waals surface area contributed by atoms with E-state index in [1.165, 1.54) is 32.1 Å². The number of nitrogens with two attached hydrogens (primary N) is 1. The second-order valence-electron chi connectivity index (χ2n) is 7.85. The first-order valence-electron chi connectivity index (χ1n) is 8.12. The lowest BCUT2D eigenvalue weighted by Crippen LogP contribution is -2.56. The van der Waals surface area contributed by atoms with Crippen molar-refractivity contribution in [3.05, 3.63) is 11.6 Å². The third-order valence-electron chi connectivity index (χ3n) is 6.27. The van der Waals surface area contributed by atoms with Gasteiger partial charge in [-0.3, -0.25) is 4.68 Å². The average molecular weight is 274 g/mol. The van der Waals surface area contributed by atoms with Crippen molar-refractivity contribution in [1.82, 2.24) is 14.8 Å². The number of aryl methyl sites for hydroxylation is 2. The predicted molar refractivity (Wildman–Crippen MR) is 77.8 cm³/mol. The molecular weight excluding hydrogens is 248 g/mol. The topological polar surface area (TPSA) is 56.7 Å². The van der Waals surface area contributed by atoms with Gasteiger partial charge in [-0.25, -0.2) is 4.98 Å². The molecule has 0 radical (unpaired) electrons. The van der Waals surface area contributed by atoms with Gasteiger partial charge in [-0.2, -0.15) is 5.10 Å². The molecule has 1 unspecified atom stereocenters. The molecule has 1 aromatic rings. The highest BCUT2D eigenvalue weighted by atomic mass is 15.3. The van der Waals surface area contributed by atoms with Crippen molar-refractivity contribution >= 4 is 0 Å². The molecule has 0 amide bonds. The van der Waals surface area contributed by atoms with Gasteiger partial charge in [-0.1, -0.05) is 0 Å². The van der Waals surface area contributed by atoms with Crippen molar-refractivity contribution in [2.24, 2.45) is 42.4 Å². The van der Waals surface area contributed by atoms with Crippen LogP contribution < -0.4 is 5.73 Å². The van der Waals surface area contributed by atoms with Crippen LogP contribution in [0.1, 0.15) is 50.7 Å². The van der Waals surface area contributed by atoms with E-state index in [0.717, 1.165) is 35.3 Å². The van der Waals surface area contributed by atoms with E-state index in [4.69, 9.17) is 5.73 Å². The fourth-order valence-corrected chi connectivity index (χ4v) is 6.04. The van der Waals surface area contributed by atoms with Crippen LogP contribution >= 0.6 is 0 Å². The summed E-state index contributed by atoms with van der Waals surface area (Å²) in [6, 6.07) is 0. The highest BCUT2D eigenvalue weighted by Crippen LogP contribution is 2.59. The van der Waals surface area contributed by atoms with E-state index in [0.29, 0.717) is 5.92 Å². The van der Waals surface area contributed by atoms with Crippen molar-refractivity contribution in [1.29, 1.82) is 0 Å². The van der Waals surface area contributed by atoms with Gasteiger partial charge in [0.05, 0.1) is 5.54 Å². The minimum absolute atomic E-state index is 0.335. The summed E-state index contributed by atoms with van der Waals surface area (Å²) >= 11 is 0. The monoisotopic (exact) mass is 274 g/mol. The van der Waals surface area contributed by atoms with Crippen LogP contribution in [0.3, 0.4) is 0 Å². The molecule has 1 atom stereocenters. The molecule has 110 valence electrons. The smallest absolute Gasteiger partial charge is 0.147 e. The third-order valence-corrected chi connectivity index (χ3v) is 6.27. The molecule has 4 heteroatoms. The zero-order valence-corrected chi connectivity index (χ0v) is 12.8. The Balaban J connectivity index is 1.71. The van der Waals surface area contributed by atoms with Crippen LogP contribution in [0, 0.1) is 36.5 Å². The summed E-state index contributed by atoms with van der Waals surface area (Å²) in [7, 11) is 1.98. The lowest BCUT2D eigenvalue weighted by Gasteiger charge is -2.58. The van der Waals surface area contributed by atoms with Gasteiger partial charge in [0.1, 0.15) is 11.6 Å². The normalized spacial score (nSPS) is 41.9. The van der Waals surface area contributed by atoms with Gasteiger partial charge in [0.2, 0.25) is 0 Å². The zero-order chi connectivity index (χ0) is 14.1. The molecule has 5 rings (SSSR count). The first kappa shape index (κ1) is 12.8. The number of hydrogen-bond acceptors (Lipinski definition) is 3. The van der Waals surface area contributed by atoms with E-state index in [9.17, 15) is 0 Å². The van der Waals surface area contributed by atoms with E-state index in [1.54, 1.807) is 0 Å². The Morgan fingerprint density at radius 2 is 1.65 bits per heavy atom. The molecule has 4 bridgehead atoms. The Morgan fingerprint density at radius 1 is 1.10 bits per heavy atom. The lowest BCUT2D eigenvalue weighted by atomic mass is 9.48. The average Bonchev–Trinajstić information content (AvgIpc) is 2.67. The molecule has 2 N–H and O–H groups in total. The van der Waals surface area contributed by atoms with Gasteiger partial charge in [-0.05, 0) is 75.5 Å². The van der Waals surface area contributed by atoms with E-state index in [1.807, 2.05) is 18.7 Å². The SMILES string of the molecule is Cc1nc(C(C)(N)C2C3CC4CC(C3)CC2C4)n(C)n1. The van der Waals surface area contributed by atoms with Gasteiger partial charge in [0.25, 0.3) is 0 Å². The molecule has 1 aromatic heterocycles. The first-order chi connectivity index (χ1) is 9.45. The van der Waals surface area contributed by atoms with Crippen molar-refractivity contribution < 1.29 is 0 Å². The molecule has 20 heavy (non-hydrogen) atoms. The van der Waals surface area contributed by atoms with Crippen LogP contribution in [0.2, 0.25) is 0 Å². The number of aromatic nitrogens is 3. The second kappa shape index (κ2) is 4.06. The second-order valence-corrected chi connectivity index (χ2v) is 7.85. The summed E-state index contributed by atoms with van der Waals surface area (Å²) in [4.78, 5) is 4.64. The molecule has 0 spiro atoms. The molecule has 4 aliphatic carbocycles. The van der Waals surface area contributed by atoms with E-state index < -0.39 is 0 Å². The highest BCUT2D eigenvalue weighted by Gasteiger charge is 2.54. The Labute approximate surface area is 121 Å². The molecule has 4 saturated carbocycles. The lowest BCUT2D eigenvalue weighted by molar-refractivity contribution is -0.0700. The fraction of sp³-hybridized carbons (Fsp3) is 0.875. The third kappa shape index (κ3) is 1.70. The number of nitrogens with zero attached hydrogens (tertiary/aromatic N) is 3. The largest absolute Gasteiger partial charge is 0.319 e. The van der Waals surface area contributed by atoms with Crippen LogP contribution in [0.5, 0.6) is 0 Å². The van der Waals surface area contributed by atoms with Gasteiger partial charge in [0, 0.05) is 7.05 Å². The molecule has 4 fully saturated rings. The summed E-state index contributed by atoms with van der Waals surface area (Å²) in [5.74, 6) is 6.03. The molecule has 4 nitrogen and oxygen atoms in total. The maximum Gasteiger partial charge on any atom is 0.147 e. The molecular formula is C16H26N4. The number of hydrogen-bond donors (Lipinski definition) is 1. The van der Waals surface area contributed by atoms with Crippen molar-refractivity contribution in [3.8, 4) is 0 Å². The van der Waals surface area contributed by atoms with Gasteiger partial charge in [-0.15, -0.1) is 0 Å². The summed E-state index contributed by atoms with van der Waals surface area (Å²) in [5, 5.41) is 4.42. The van der Waals surface area contributed by atoms with Gasteiger partial charge >= 0.3 is 0 Å². The van der Waals surface area contributed by atoms with Crippen LogP contribution in [-0.4, -0.2) is 14.8 Å². The Morgan fingerprint density at radius 3 is 2.10 bits per heavy atom. The summed E-state index contributed by atoms with van der Waals surface area (Å²) in [5.41, 5.74) is 6.52. The zero-order valence-electron chi connectivity index (χ0n) is 12.8. The summed E-state index contributed by atoms with van der Waals surface area (Å²) in [6.07, 6.45) is 7.11. The molecule has 1 heterocycles. The maximum absolute atomic E-state index is 6.85. The fourth-order valence-electron chi connectivity index (χ4n) is 6.04. The van der Waals surface area contributed by atoms with Crippen LogP contribution in [-0.2, 0) is 12.6 Å². The quantitative estimate of drug-likeness (QED) is 0.900. The molecule has 0 saturated heterocycles. The molecule has 4 aliphatic rings. The van der Waals surface area contributed by atoms with E-state index in [2.05, 4.69) is 17.0 Å². The van der Waals surface area contributed by atoms with E-state index >= 15 is 0 Å². The highest BCUT2D eigenvalue weighted by molar-refractivity contribution is 5.13. The summed E-state index contributed by atoms with van der Waals surface area (Å²) in [6.45, 7) is 4.15. The van der Waals surface area contributed by atoms with Crippen LogP contribution in [0.15, 0.2) is 0 Å². The maximum atomic E-state index is 6.85. The van der Waals surface area contributed by atoms with Crippen molar-refractivity contribution in [2.45, 2.75) is 51.5 Å². The van der Waals surface area contributed by atoms with Crippen molar-refractivity contribution in [2.75, 3.05) is 0 Å². The number of rotatable bonds is 2. The van der Waals surface area contributed by atoms with E-state index in [-0.39, 0.29) is 5.54 Å². The van der Waals surface area contributed by atoms with Crippen LogP contribution in [0.4, 0.5) is 0 Å². The Bertz CT molecular complexity index is 503. The Kier molecular flexibility index (Phi) is 2.60. The standard InChI is InChI=1S/C16H26N4/c1-9-18-15(20(3)19-9)16(2,17)14-12-5-10-4-11(7-12)8-13(14)6-10/h10-14H,4-8,17H2,1-3H3. The van der Waals surface area contributed by atoms with Gasteiger partial charge < -0.3 is 5.73 Å². The summed E-state index contributed by atoms with van der Waals surface area (Å²) < 4.78 is 1.90. The molecule has 0 aromatic carbocycles. The Hall–Kier alpha value is -0.900. The predicted octanol–water partition coefficient (Wildman–Crippen LogP) is 2.37. The first-order valence-corrected chi connectivity index (χ1v) is 8.12. The minimum Gasteiger partial charge on any atom is -0.319 e. The van der Waals surface area contributed by atoms with Gasteiger partial charge in [0.15, 0.2) is 0 Å². The minimum atomic E-state index is -0.335. The van der Waals surface area contributed by atoms with Crippen LogP contribution in [0.25, 0.3) is 0 Å².